The van der Waals surface area contributed by atoms with Crippen molar-refractivity contribution in [3.8, 4) is 0 Å². The molecule has 0 radical (unpaired) electrons. The molecule has 2 saturated heterocycles. The summed E-state index contributed by atoms with van der Waals surface area (Å²) in [7, 11) is 0. The van der Waals surface area contributed by atoms with E-state index in [1.807, 2.05) is 0 Å². The number of nitrogens with zero attached hydrogens (tertiary/aromatic N) is 4. The number of hydrogen-bond donors (Lipinski definition) is 1. The monoisotopic (exact) mass is 251 g/mol. The first-order chi connectivity index (χ1) is 8.75. The molecular weight excluding hydrogens is 234 g/mol. The summed E-state index contributed by atoms with van der Waals surface area (Å²) in [5.41, 5.74) is 5.68. The second-order valence-corrected chi connectivity index (χ2v) is 4.93. The molecule has 0 spiro atoms. The van der Waals surface area contributed by atoms with Crippen molar-refractivity contribution < 1.29 is 9.42 Å². The van der Waals surface area contributed by atoms with Crippen molar-refractivity contribution in [2.24, 2.45) is 0 Å². The van der Waals surface area contributed by atoms with Crippen molar-refractivity contribution >= 4 is 11.7 Å². The highest BCUT2D eigenvalue weighted by Crippen LogP contribution is 2.22. The van der Waals surface area contributed by atoms with Crippen molar-refractivity contribution in [1.82, 2.24) is 20.1 Å². The molecule has 3 heterocycles. The van der Waals surface area contributed by atoms with Gasteiger partial charge in [-0.15, -0.1) is 0 Å². The van der Waals surface area contributed by atoms with Gasteiger partial charge in [0, 0.05) is 19.1 Å². The quantitative estimate of drug-likeness (QED) is 0.793. The van der Waals surface area contributed by atoms with Crippen LogP contribution in [-0.4, -0.2) is 58.2 Å². The van der Waals surface area contributed by atoms with Crippen LogP contribution < -0.4 is 5.73 Å². The molecule has 1 aromatic heterocycles. The van der Waals surface area contributed by atoms with Gasteiger partial charge in [-0.1, -0.05) is 0 Å². The van der Waals surface area contributed by atoms with Crippen LogP contribution in [0.15, 0.2) is 4.63 Å². The summed E-state index contributed by atoms with van der Waals surface area (Å²) < 4.78 is 4.47. The molecule has 0 aromatic carbocycles. The van der Waals surface area contributed by atoms with Gasteiger partial charge in [0.1, 0.15) is 0 Å². The molecule has 3 rings (SSSR count). The number of likely N-dealkylation sites (tertiary alicyclic amines) is 2. The van der Waals surface area contributed by atoms with Crippen LogP contribution in [0.3, 0.4) is 0 Å². The summed E-state index contributed by atoms with van der Waals surface area (Å²) in [5.74, 6) is -0.0972. The SMILES string of the molecule is Nc1nonc1C(=O)N1CCC(N2CCCC2)C1. The third-order valence-corrected chi connectivity index (χ3v) is 3.82. The van der Waals surface area contributed by atoms with E-state index in [9.17, 15) is 4.79 Å². The van der Waals surface area contributed by atoms with Gasteiger partial charge in [0.15, 0.2) is 0 Å². The number of amides is 1. The van der Waals surface area contributed by atoms with Gasteiger partial charge in [-0.3, -0.25) is 9.69 Å². The van der Waals surface area contributed by atoms with Crippen LogP contribution in [0.1, 0.15) is 29.8 Å². The largest absolute Gasteiger partial charge is 0.379 e. The first-order valence-corrected chi connectivity index (χ1v) is 6.37. The number of hydrogen-bond acceptors (Lipinski definition) is 6. The average molecular weight is 251 g/mol. The molecule has 7 nitrogen and oxygen atoms in total. The molecule has 7 heteroatoms. The van der Waals surface area contributed by atoms with E-state index < -0.39 is 0 Å². The van der Waals surface area contributed by atoms with E-state index in [0.29, 0.717) is 6.04 Å². The Labute approximate surface area is 105 Å². The Morgan fingerprint density at radius 2 is 2.06 bits per heavy atom. The van der Waals surface area contributed by atoms with Crippen LogP contribution in [0.25, 0.3) is 0 Å². The standard InChI is InChI=1S/C11H17N5O2/c12-10-9(13-18-14-10)11(17)16-6-3-8(7-16)15-4-1-2-5-15/h8H,1-7H2,(H2,12,14). The zero-order valence-corrected chi connectivity index (χ0v) is 10.2. The smallest absolute Gasteiger partial charge is 0.280 e. The summed E-state index contributed by atoms with van der Waals surface area (Å²) in [6.45, 7) is 3.82. The topological polar surface area (TPSA) is 88.5 Å². The maximum Gasteiger partial charge on any atom is 0.280 e. The molecule has 0 saturated carbocycles. The minimum atomic E-state index is -0.171. The van der Waals surface area contributed by atoms with Crippen LogP contribution in [-0.2, 0) is 0 Å². The van der Waals surface area contributed by atoms with Gasteiger partial charge in [-0.05, 0) is 42.7 Å². The molecule has 1 aromatic rings. The van der Waals surface area contributed by atoms with Gasteiger partial charge in [0.2, 0.25) is 11.5 Å². The molecule has 2 aliphatic rings. The van der Waals surface area contributed by atoms with Crippen molar-refractivity contribution in [1.29, 1.82) is 0 Å². The zero-order valence-electron chi connectivity index (χ0n) is 10.2. The molecule has 1 atom stereocenters. The summed E-state index contributed by atoms with van der Waals surface area (Å²) in [6.07, 6.45) is 3.56. The summed E-state index contributed by atoms with van der Waals surface area (Å²) in [5, 5.41) is 7.01. The molecule has 1 unspecified atom stereocenters. The lowest BCUT2D eigenvalue weighted by molar-refractivity contribution is 0.0769. The zero-order chi connectivity index (χ0) is 12.5. The van der Waals surface area contributed by atoms with Crippen molar-refractivity contribution in [2.75, 3.05) is 31.9 Å². The van der Waals surface area contributed by atoms with Crippen LogP contribution in [0.4, 0.5) is 5.82 Å². The van der Waals surface area contributed by atoms with E-state index in [0.717, 1.165) is 32.6 Å². The molecule has 2 aliphatic heterocycles. The summed E-state index contributed by atoms with van der Waals surface area (Å²) in [6, 6.07) is 0.484. The first-order valence-electron chi connectivity index (χ1n) is 6.37. The Morgan fingerprint density at radius 3 is 2.72 bits per heavy atom. The fraction of sp³-hybridized carbons (Fsp3) is 0.727. The fourth-order valence-electron chi connectivity index (χ4n) is 2.82. The molecule has 0 bridgehead atoms. The highest BCUT2D eigenvalue weighted by atomic mass is 16.6. The lowest BCUT2D eigenvalue weighted by atomic mass is 10.2. The number of anilines is 1. The minimum Gasteiger partial charge on any atom is -0.379 e. The van der Waals surface area contributed by atoms with E-state index in [4.69, 9.17) is 5.73 Å². The Bertz CT molecular complexity index is 440. The van der Waals surface area contributed by atoms with Gasteiger partial charge in [-0.2, -0.15) is 0 Å². The molecule has 1 amide bonds. The van der Waals surface area contributed by atoms with E-state index in [1.165, 1.54) is 12.8 Å². The number of carbonyl (C=O) groups is 1. The third-order valence-electron chi connectivity index (χ3n) is 3.82. The Hall–Kier alpha value is -1.63. The van der Waals surface area contributed by atoms with Crippen LogP contribution in [0.5, 0.6) is 0 Å². The van der Waals surface area contributed by atoms with Gasteiger partial charge < -0.3 is 10.6 Å². The van der Waals surface area contributed by atoms with E-state index in [1.54, 1.807) is 4.90 Å². The lowest BCUT2D eigenvalue weighted by Crippen LogP contribution is -2.37. The summed E-state index contributed by atoms with van der Waals surface area (Å²) >= 11 is 0. The lowest BCUT2D eigenvalue weighted by Gasteiger charge is -2.23. The maximum atomic E-state index is 12.2. The molecule has 98 valence electrons. The Morgan fingerprint density at radius 1 is 1.28 bits per heavy atom. The number of nitrogen functional groups attached to an aromatic ring is 1. The van der Waals surface area contributed by atoms with Crippen LogP contribution in [0.2, 0.25) is 0 Å². The first kappa shape index (κ1) is 11.5. The minimum absolute atomic E-state index is 0.0737. The number of rotatable bonds is 2. The van der Waals surface area contributed by atoms with Crippen LogP contribution in [0, 0.1) is 0 Å². The normalized spacial score (nSPS) is 24.9. The molecule has 18 heavy (non-hydrogen) atoms. The fourth-order valence-corrected chi connectivity index (χ4v) is 2.82. The third kappa shape index (κ3) is 1.94. The Kier molecular flexibility index (Phi) is 2.91. The molecule has 0 aliphatic carbocycles. The van der Waals surface area contributed by atoms with E-state index in [-0.39, 0.29) is 17.4 Å². The predicted molar refractivity (Wildman–Crippen MR) is 63.8 cm³/mol. The van der Waals surface area contributed by atoms with E-state index in [2.05, 4.69) is 19.8 Å². The van der Waals surface area contributed by atoms with Crippen molar-refractivity contribution in [2.45, 2.75) is 25.3 Å². The highest BCUT2D eigenvalue weighted by molar-refractivity contribution is 5.96. The number of aromatic nitrogens is 2. The molecule has 2 fully saturated rings. The second kappa shape index (κ2) is 4.56. The predicted octanol–water partition coefficient (Wildman–Crippen LogP) is -0.0379. The van der Waals surface area contributed by atoms with Gasteiger partial charge >= 0.3 is 0 Å². The number of nitrogens with two attached hydrogens (primary N) is 1. The van der Waals surface area contributed by atoms with E-state index >= 15 is 0 Å². The number of carbonyl (C=O) groups excluding carboxylic acids is 1. The highest BCUT2D eigenvalue weighted by Gasteiger charge is 2.33. The van der Waals surface area contributed by atoms with Crippen molar-refractivity contribution in [3.63, 3.8) is 0 Å². The van der Waals surface area contributed by atoms with Gasteiger partial charge in [0.25, 0.3) is 5.91 Å². The van der Waals surface area contributed by atoms with Gasteiger partial charge in [0.05, 0.1) is 0 Å². The summed E-state index contributed by atoms with van der Waals surface area (Å²) in [4.78, 5) is 16.4. The van der Waals surface area contributed by atoms with Crippen LogP contribution >= 0.6 is 0 Å². The second-order valence-electron chi connectivity index (χ2n) is 4.93. The molecule has 2 N–H and O–H groups in total. The van der Waals surface area contributed by atoms with Gasteiger partial charge in [-0.25, -0.2) is 4.63 Å². The Balaban J connectivity index is 1.65. The molecular formula is C11H17N5O2. The average Bonchev–Trinajstić information content (AvgIpc) is 3.09. The van der Waals surface area contributed by atoms with Crippen molar-refractivity contribution in [3.05, 3.63) is 5.69 Å². The maximum absolute atomic E-state index is 12.2.